The van der Waals surface area contributed by atoms with Crippen LogP contribution < -0.4 is 0 Å². The number of thiazole rings is 1. The Bertz CT molecular complexity index is 742. The molecular weight excluding hydrogens is 286 g/mol. The fourth-order valence-electron chi connectivity index (χ4n) is 2.08. The highest BCUT2D eigenvalue weighted by Gasteiger charge is 2.10. The maximum atomic E-state index is 4.71. The van der Waals surface area contributed by atoms with Gasteiger partial charge in [-0.1, -0.05) is 30.0 Å². The zero-order valence-electron chi connectivity index (χ0n) is 11.2. The highest BCUT2D eigenvalue weighted by atomic mass is 32.2. The van der Waals surface area contributed by atoms with Gasteiger partial charge in [0.25, 0.3) is 0 Å². The van der Waals surface area contributed by atoms with Gasteiger partial charge in [-0.3, -0.25) is 0 Å². The van der Waals surface area contributed by atoms with E-state index in [2.05, 4.69) is 27.6 Å². The Morgan fingerprint density at radius 2 is 2.20 bits per heavy atom. The van der Waals surface area contributed by atoms with Crippen LogP contribution in [0.5, 0.6) is 0 Å². The smallest absolute Gasteiger partial charge is 0.169 e. The van der Waals surface area contributed by atoms with Crippen LogP contribution in [-0.2, 0) is 12.3 Å². The average Bonchev–Trinajstić information content (AvgIpc) is 3.02. The Morgan fingerprint density at radius 1 is 1.35 bits per heavy atom. The third-order valence-electron chi connectivity index (χ3n) is 2.95. The van der Waals surface area contributed by atoms with Crippen LogP contribution in [0.4, 0.5) is 0 Å². The van der Waals surface area contributed by atoms with Crippen LogP contribution in [0, 0.1) is 6.92 Å². The Hall–Kier alpha value is -1.59. The van der Waals surface area contributed by atoms with Crippen molar-refractivity contribution in [2.45, 2.75) is 24.4 Å². The summed E-state index contributed by atoms with van der Waals surface area (Å²) in [4.78, 5) is 9.20. The maximum absolute atomic E-state index is 4.71. The first-order chi connectivity index (χ1) is 9.78. The first kappa shape index (κ1) is 13.4. The topological polar surface area (TPSA) is 30.7 Å². The van der Waals surface area contributed by atoms with Crippen molar-refractivity contribution in [1.29, 1.82) is 0 Å². The number of nitrogens with zero attached hydrogens (tertiary/aromatic N) is 3. The number of hydrogen-bond donors (Lipinski definition) is 0. The van der Waals surface area contributed by atoms with Gasteiger partial charge in [0.15, 0.2) is 5.16 Å². The van der Waals surface area contributed by atoms with Gasteiger partial charge in [0.05, 0.1) is 21.7 Å². The summed E-state index contributed by atoms with van der Waals surface area (Å²) in [6.07, 6.45) is 1.91. The second-order valence-electron chi connectivity index (χ2n) is 4.43. The van der Waals surface area contributed by atoms with E-state index in [1.54, 1.807) is 23.1 Å². The number of aromatic nitrogens is 3. The van der Waals surface area contributed by atoms with Crippen molar-refractivity contribution in [3.05, 3.63) is 53.0 Å². The Labute approximate surface area is 126 Å². The van der Waals surface area contributed by atoms with E-state index in [1.165, 1.54) is 0 Å². The molecule has 3 nitrogen and oxygen atoms in total. The fourth-order valence-corrected chi connectivity index (χ4v) is 3.72. The number of fused-ring (bicyclic) bond motifs is 1. The molecule has 0 radical (unpaired) electrons. The predicted octanol–water partition coefficient (Wildman–Crippen LogP) is 4.28. The quantitative estimate of drug-likeness (QED) is 0.520. The molecule has 2 aromatic heterocycles. The summed E-state index contributed by atoms with van der Waals surface area (Å²) in [6, 6.07) is 8.21. The molecule has 0 fully saturated rings. The predicted molar refractivity (Wildman–Crippen MR) is 86.3 cm³/mol. The fraction of sp³-hybridized carbons (Fsp3) is 0.200. The van der Waals surface area contributed by atoms with E-state index < -0.39 is 0 Å². The van der Waals surface area contributed by atoms with Gasteiger partial charge in [-0.05, 0) is 19.1 Å². The second kappa shape index (κ2) is 5.81. The van der Waals surface area contributed by atoms with Crippen LogP contribution in [0.15, 0.2) is 47.5 Å². The molecule has 2 heterocycles. The number of rotatable bonds is 5. The monoisotopic (exact) mass is 301 g/mol. The minimum atomic E-state index is 0.777. The zero-order chi connectivity index (χ0) is 13.9. The average molecular weight is 301 g/mol. The first-order valence-corrected chi connectivity index (χ1v) is 8.24. The number of aryl methyl sites for hydroxylation is 1. The van der Waals surface area contributed by atoms with E-state index in [9.17, 15) is 0 Å². The zero-order valence-corrected chi connectivity index (χ0v) is 12.9. The molecule has 0 aliphatic rings. The van der Waals surface area contributed by atoms with Gasteiger partial charge in [-0.15, -0.1) is 17.9 Å². The summed E-state index contributed by atoms with van der Waals surface area (Å²) in [5.41, 5.74) is 3.31. The summed E-state index contributed by atoms with van der Waals surface area (Å²) < 4.78 is 2.20. The van der Waals surface area contributed by atoms with Gasteiger partial charge in [0, 0.05) is 17.7 Å². The molecule has 0 atom stereocenters. The van der Waals surface area contributed by atoms with E-state index in [1.807, 2.05) is 31.2 Å². The number of allylic oxidation sites excluding steroid dienone is 1. The summed E-state index contributed by atoms with van der Waals surface area (Å²) in [6.45, 7) is 6.65. The second-order valence-corrected chi connectivity index (χ2v) is 6.43. The third-order valence-corrected chi connectivity index (χ3v) is 4.78. The SMILES string of the molecule is C=CCn1c(SCc2csc(C)n2)nc2ccccc21. The molecule has 3 rings (SSSR count). The largest absolute Gasteiger partial charge is 0.315 e. The summed E-state index contributed by atoms with van der Waals surface area (Å²) in [7, 11) is 0. The van der Waals surface area contributed by atoms with Crippen LogP contribution in [0.2, 0.25) is 0 Å². The van der Waals surface area contributed by atoms with E-state index in [-0.39, 0.29) is 0 Å². The Balaban J connectivity index is 1.89. The number of para-hydroxylation sites is 2. The number of thioether (sulfide) groups is 1. The lowest BCUT2D eigenvalue weighted by molar-refractivity contribution is 0.748. The molecule has 0 amide bonds. The molecule has 0 aliphatic heterocycles. The standard InChI is InChI=1S/C15H15N3S2/c1-3-8-18-14-7-5-4-6-13(14)17-15(18)20-10-12-9-19-11(2)16-12/h3-7,9H,1,8,10H2,2H3. The molecular formula is C15H15N3S2. The molecule has 0 saturated carbocycles. The minimum Gasteiger partial charge on any atom is -0.315 e. The van der Waals surface area contributed by atoms with E-state index >= 15 is 0 Å². The number of imidazole rings is 1. The minimum absolute atomic E-state index is 0.777. The van der Waals surface area contributed by atoms with E-state index in [4.69, 9.17) is 4.98 Å². The number of hydrogen-bond acceptors (Lipinski definition) is 4. The van der Waals surface area contributed by atoms with Crippen molar-refractivity contribution < 1.29 is 0 Å². The van der Waals surface area contributed by atoms with Crippen molar-refractivity contribution in [3.63, 3.8) is 0 Å². The van der Waals surface area contributed by atoms with Crippen molar-refractivity contribution in [1.82, 2.24) is 14.5 Å². The number of benzene rings is 1. The summed E-state index contributed by atoms with van der Waals surface area (Å²) >= 11 is 3.42. The lowest BCUT2D eigenvalue weighted by Gasteiger charge is -2.04. The molecule has 0 bridgehead atoms. The first-order valence-electron chi connectivity index (χ1n) is 6.38. The summed E-state index contributed by atoms with van der Waals surface area (Å²) in [5.74, 6) is 0.852. The molecule has 20 heavy (non-hydrogen) atoms. The van der Waals surface area contributed by atoms with E-state index in [0.717, 1.165) is 39.2 Å². The maximum Gasteiger partial charge on any atom is 0.169 e. The van der Waals surface area contributed by atoms with E-state index in [0.29, 0.717) is 0 Å². The molecule has 0 N–H and O–H groups in total. The van der Waals surface area contributed by atoms with Crippen LogP contribution in [0.1, 0.15) is 10.7 Å². The molecule has 1 aromatic carbocycles. The molecule has 0 aliphatic carbocycles. The molecule has 0 saturated heterocycles. The van der Waals surface area contributed by atoms with Crippen LogP contribution in [0.3, 0.4) is 0 Å². The van der Waals surface area contributed by atoms with Crippen LogP contribution in [-0.4, -0.2) is 14.5 Å². The molecule has 5 heteroatoms. The highest BCUT2D eigenvalue weighted by Crippen LogP contribution is 2.27. The van der Waals surface area contributed by atoms with Crippen LogP contribution in [0.25, 0.3) is 11.0 Å². The lowest BCUT2D eigenvalue weighted by atomic mass is 10.3. The molecule has 3 aromatic rings. The van der Waals surface area contributed by atoms with Gasteiger partial charge >= 0.3 is 0 Å². The van der Waals surface area contributed by atoms with Crippen molar-refractivity contribution in [3.8, 4) is 0 Å². The van der Waals surface area contributed by atoms with Gasteiger partial charge in [-0.25, -0.2) is 9.97 Å². The molecule has 102 valence electrons. The van der Waals surface area contributed by atoms with Crippen molar-refractivity contribution >= 4 is 34.1 Å². The Morgan fingerprint density at radius 3 is 2.95 bits per heavy atom. The van der Waals surface area contributed by atoms with Crippen molar-refractivity contribution in [2.24, 2.45) is 0 Å². The van der Waals surface area contributed by atoms with Gasteiger partial charge in [0.1, 0.15) is 0 Å². The summed E-state index contributed by atoms with van der Waals surface area (Å²) in [5, 5.41) is 4.25. The van der Waals surface area contributed by atoms with Crippen LogP contribution >= 0.6 is 23.1 Å². The molecule has 0 unspecified atom stereocenters. The normalized spacial score (nSPS) is 11.1. The third kappa shape index (κ3) is 2.64. The van der Waals surface area contributed by atoms with Crippen molar-refractivity contribution in [2.75, 3.05) is 0 Å². The molecule has 0 spiro atoms. The Kier molecular flexibility index (Phi) is 3.89. The highest BCUT2D eigenvalue weighted by molar-refractivity contribution is 7.98. The van der Waals surface area contributed by atoms with Gasteiger partial charge < -0.3 is 4.57 Å². The van der Waals surface area contributed by atoms with Gasteiger partial charge in [-0.2, -0.15) is 0 Å². The lowest BCUT2D eigenvalue weighted by Crippen LogP contribution is -1.97. The van der Waals surface area contributed by atoms with Gasteiger partial charge in [0.2, 0.25) is 0 Å².